The van der Waals surface area contributed by atoms with Crippen molar-refractivity contribution < 1.29 is 9.53 Å². The minimum atomic E-state index is -0.389. The SMILES string of the molecule is COc1cc(C)c(C(N)CC(N)=O)cc1C. The molecule has 1 unspecified atom stereocenters. The van der Waals surface area contributed by atoms with Crippen LogP contribution in [0.3, 0.4) is 0 Å². The summed E-state index contributed by atoms with van der Waals surface area (Å²) in [6, 6.07) is 3.52. The smallest absolute Gasteiger partial charge is 0.219 e. The topological polar surface area (TPSA) is 78.3 Å². The first-order chi connectivity index (χ1) is 7.45. The van der Waals surface area contributed by atoms with Crippen LogP contribution in [0.1, 0.15) is 29.2 Å². The fourth-order valence-electron chi connectivity index (χ4n) is 1.76. The summed E-state index contributed by atoms with van der Waals surface area (Å²) in [7, 11) is 1.63. The van der Waals surface area contributed by atoms with E-state index in [1.807, 2.05) is 26.0 Å². The molecule has 0 spiro atoms. The van der Waals surface area contributed by atoms with Crippen LogP contribution >= 0.6 is 0 Å². The molecule has 0 fully saturated rings. The van der Waals surface area contributed by atoms with Crippen molar-refractivity contribution >= 4 is 5.91 Å². The quantitative estimate of drug-likeness (QED) is 0.803. The summed E-state index contributed by atoms with van der Waals surface area (Å²) in [5, 5.41) is 0. The first-order valence-corrected chi connectivity index (χ1v) is 5.14. The predicted octanol–water partition coefficient (Wildman–Crippen LogP) is 1.19. The molecule has 1 atom stereocenters. The number of methoxy groups -OCH3 is 1. The molecule has 4 heteroatoms. The zero-order valence-electron chi connectivity index (χ0n) is 9.91. The molecule has 0 radical (unpaired) electrons. The number of hydrogen-bond acceptors (Lipinski definition) is 3. The largest absolute Gasteiger partial charge is 0.496 e. The van der Waals surface area contributed by atoms with Gasteiger partial charge in [0.25, 0.3) is 0 Å². The van der Waals surface area contributed by atoms with Crippen LogP contribution in [-0.4, -0.2) is 13.0 Å². The van der Waals surface area contributed by atoms with E-state index in [-0.39, 0.29) is 18.4 Å². The normalized spacial score (nSPS) is 12.2. The number of carbonyl (C=O) groups is 1. The van der Waals surface area contributed by atoms with E-state index in [0.717, 1.165) is 22.4 Å². The Labute approximate surface area is 95.6 Å². The van der Waals surface area contributed by atoms with Crippen molar-refractivity contribution in [3.8, 4) is 5.75 Å². The van der Waals surface area contributed by atoms with Crippen LogP contribution in [0.2, 0.25) is 0 Å². The monoisotopic (exact) mass is 222 g/mol. The second-order valence-electron chi connectivity index (χ2n) is 3.96. The zero-order valence-corrected chi connectivity index (χ0v) is 9.91. The average Bonchev–Trinajstić information content (AvgIpc) is 2.19. The number of primary amides is 1. The number of rotatable bonds is 4. The molecule has 88 valence electrons. The number of nitrogens with two attached hydrogens (primary N) is 2. The molecule has 16 heavy (non-hydrogen) atoms. The van der Waals surface area contributed by atoms with Gasteiger partial charge in [-0.15, -0.1) is 0 Å². The summed E-state index contributed by atoms with van der Waals surface area (Å²) in [5.41, 5.74) is 14.0. The third-order valence-electron chi connectivity index (χ3n) is 2.60. The van der Waals surface area contributed by atoms with Crippen LogP contribution in [0.15, 0.2) is 12.1 Å². The van der Waals surface area contributed by atoms with Crippen LogP contribution in [0.4, 0.5) is 0 Å². The van der Waals surface area contributed by atoms with Gasteiger partial charge in [0.05, 0.1) is 7.11 Å². The van der Waals surface area contributed by atoms with E-state index in [9.17, 15) is 4.79 Å². The van der Waals surface area contributed by atoms with Crippen LogP contribution in [-0.2, 0) is 4.79 Å². The average molecular weight is 222 g/mol. The molecule has 0 heterocycles. The first kappa shape index (κ1) is 12.5. The Hall–Kier alpha value is -1.55. The molecular weight excluding hydrogens is 204 g/mol. The lowest BCUT2D eigenvalue weighted by Crippen LogP contribution is -2.21. The Bertz CT molecular complexity index is 402. The standard InChI is InChI=1S/C12H18N2O2/c1-7-5-11(16-3)8(2)4-9(7)10(13)6-12(14)15/h4-5,10H,6,13H2,1-3H3,(H2,14,15). The van der Waals surface area contributed by atoms with Gasteiger partial charge < -0.3 is 16.2 Å². The highest BCUT2D eigenvalue weighted by atomic mass is 16.5. The molecule has 0 saturated heterocycles. The van der Waals surface area contributed by atoms with E-state index in [0.29, 0.717) is 0 Å². The lowest BCUT2D eigenvalue weighted by molar-refractivity contribution is -0.118. The molecule has 0 bridgehead atoms. The van der Waals surface area contributed by atoms with Crippen molar-refractivity contribution in [2.24, 2.45) is 11.5 Å². The second-order valence-corrected chi connectivity index (χ2v) is 3.96. The highest BCUT2D eigenvalue weighted by Gasteiger charge is 2.13. The molecule has 1 aromatic rings. The van der Waals surface area contributed by atoms with Crippen LogP contribution in [0.5, 0.6) is 5.75 Å². The van der Waals surface area contributed by atoms with Crippen LogP contribution < -0.4 is 16.2 Å². The molecule has 0 saturated carbocycles. The zero-order chi connectivity index (χ0) is 12.3. The Morgan fingerprint density at radius 1 is 1.38 bits per heavy atom. The minimum absolute atomic E-state index is 0.159. The van der Waals surface area contributed by atoms with E-state index < -0.39 is 0 Å². The third kappa shape index (κ3) is 2.73. The van der Waals surface area contributed by atoms with Crippen LogP contribution in [0.25, 0.3) is 0 Å². The van der Waals surface area contributed by atoms with Crippen molar-refractivity contribution in [1.82, 2.24) is 0 Å². The molecule has 4 nitrogen and oxygen atoms in total. The molecule has 0 aliphatic rings. The Kier molecular flexibility index (Phi) is 3.90. The van der Waals surface area contributed by atoms with Gasteiger partial charge in [-0.1, -0.05) is 6.07 Å². The van der Waals surface area contributed by atoms with Gasteiger partial charge in [0.2, 0.25) is 5.91 Å². The first-order valence-electron chi connectivity index (χ1n) is 5.14. The van der Waals surface area contributed by atoms with E-state index in [1.165, 1.54) is 0 Å². The summed E-state index contributed by atoms with van der Waals surface area (Å²) in [6.45, 7) is 3.89. The summed E-state index contributed by atoms with van der Waals surface area (Å²) >= 11 is 0. The van der Waals surface area contributed by atoms with Gasteiger partial charge in [0.1, 0.15) is 5.75 Å². The van der Waals surface area contributed by atoms with Gasteiger partial charge in [-0.3, -0.25) is 4.79 Å². The number of benzene rings is 1. The van der Waals surface area contributed by atoms with Crippen molar-refractivity contribution in [3.05, 3.63) is 28.8 Å². The molecule has 0 aliphatic carbocycles. The Morgan fingerprint density at radius 3 is 2.50 bits per heavy atom. The summed E-state index contributed by atoms with van der Waals surface area (Å²) < 4.78 is 5.21. The van der Waals surface area contributed by atoms with Crippen molar-refractivity contribution in [2.45, 2.75) is 26.3 Å². The van der Waals surface area contributed by atoms with Gasteiger partial charge in [-0.05, 0) is 36.6 Å². The predicted molar refractivity (Wildman–Crippen MR) is 63.2 cm³/mol. The third-order valence-corrected chi connectivity index (χ3v) is 2.60. The Morgan fingerprint density at radius 2 is 2.00 bits per heavy atom. The van der Waals surface area contributed by atoms with Gasteiger partial charge in [0, 0.05) is 12.5 Å². The molecule has 4 N–H and O–H groups in total. The van der Waals surface area contributed by atoms with Crippen LogP contribution in [0, 0.1) is 13.8 Å². The summed E-state index contributed by atoms with van der Waals surface area (Å²) in [6.07, 6.45) is 0.159. The lowest BCUT2D eigenvalue weighted by Gasteiger charge is -2.16. The minimum Gasteiger partial charge on any atom is -0.496 e. The maximum absolute atomic E-state index is 10.8. The number of ether oxygens (including phenoxy) is 1. The summed E-state index contributed by atoms with van der Waals surface area (Å²) in [5.74, 6) is 0.438. The molecule has 1 rings (SSSR count). The fraction of sp³-hybridized carbons (Fsp3) is 0.417. The Balaban J connectivity index is 3.05. The second kappa shape index (κ2) is 4.99. The lowest BCUT2D eigenvalue weighted by atomic mass is 9.96. The number of aryl methyl sites for hydroxylation is 2. The molecule has 0 aliphatic heterocycles. The molecule has 1 amide bonds. The number of carbonyl (C=O) groups excluding carboxylic acids is 1. The van der Waals surface area contributed by atoms with Crippen molar-refractivity contribution in [2.75, 3.05) is 7.11 Å². The molecular formula is C12H18N2O2. The maximum atomic E-state index is 10.8. The fourth-order valence-corrected chi connectivity index (χ4v) is 1.76. The summed E-state index contributed by atoms with van der Waals surface area (Å²) in [4.78, 5) is 10.8. The maximum Gasteiger partial charge on any atom is 0.219 e. The van der Waals surface area contributed by atoms with E-state index in [4.69, 9.17) is 16.2 Å². The molecule has 0 aromatic heterocycles. The van der Waals surface area contributed by atoms with Crippen molar-refractivity contribution in [1.29, 1.82) is 0 Å². The highest BCUT2D eigenvalue weighted by molar-refractivity contribution is 5.74. The number of hydrogen-bond donors (Lipinski definition) is 2. The van der Waals surface area contributed by atoms with E-state index >= 15 is 0 Å². The molecule has 1 aromatic carbocycles. The number of amides is 1. The highest BCUT2D eigenvalue weighted by Crippen LogP contribution is 2.26. The van der Waals surface area contributed by atoms with E-state index in [1.54, 1.807) is 7.11 Å². The van der Waals surface area contributed by atoms with Gasteiger partial charge in [-0.25, -0.2) is 0 Å². The van der Waals surface area contributed by atoms with Gasteiger partial charge in [-0.2, -0.15) is 0 Å². The van der Waals surface area contributed by atoms with Gasteiger partial charge >= 0.3 is 0 Å². The van der Waals surface area contributed by atoms with Gasteiger partial charge in [0.15, 0.2) is 0 Å². The van der Waals surface area contributed by atoms with Crippen molar-refractivity contribution in [3.63, 3.8) is 0 Å². The van der Waals surface area contributed by atoms with E-state index in [2.05, 4.69) is 0 Å².